The predicted molar refractivity (Wildman–Crippen MR) is 103 cm³/mol. The molecule has 0 fully saturated rings. The lowest BCUT2D eigenvalue weighted by atomic mass is 10.2. The van der Waals surface area contributed by atoms with Crippen LogP contribution in [-0.4, -0.2) is 15.5 Å². The molecule has 1 aromatic carbocycles. The number of hydrogen-bond donors (Lipinski definition) is 1. The maximum Gasteiger partial charge on any atom is 0.263 e. The number of thiophene rings is 1. The molecule has 2 aromatic heterocycles. The van der Waals surface area contributed by atoms with Crippen molar-refractivity contribution < 1.29 is 4.79 Å². The second-order valence-corrected chi connectivity index (χ2v) is 7.84. The molecule has 25 heavy (non-hydrogen) atoms. The highest BCUT2D eigenvalue weighted by Gasteiger charge is 2.21. The zero-order valence-corrected chi connectivity index (χ0v) is 16.1. The number of nitrogens with zero attached hydrogens (tertiary/aromatic N) is 2. The zero-order valence-electron chi connectivity index (χ0n) is 13.8. The third kappa shape index (κ3) is 3.56. The average Bonchev–Trinajstić information content (AvgIpc) is 2.86. The number of carbonyl (C=O) groups is 1. The first-order chi connectivity index (χ1) is 11.8. The Hall–Kier alpha value is -1.89. The van der Waals surface area contributed by atoms with Gasteiger partial charge in [-0.2, -0.15) is 0 Å². The first kappa shape index (κ1) is 17.9. The molecule has 0 aliphatic rings. The van der Waals surface area contributed by atoms with Crippen molar-refractivity contribution in [3.63, 3.8) is 0 Å². The van der Waals surface area contributed by atoms with Crippen LogP contribution < -0.4 is 10.9 Å². The summed E-state index contributed by atoms with van der Waals surface area (Å²) in [6.07, 6.45) is 0. The maximum atomic E-state index is 12.8. The van der Waals surface area contributed by atoms with Crippen molar-refractivity contribution in [2.75, 3.05) is 5.32 Å². The van der Waals surface area contributed by atoms with Gasteiger partial charge in [-0.25, -0.2) is 4.98 Å². The highest BCUT2D eigenvalue weighted by Crippen LogP contribution is 2.24. The molecule has 1 unspecified atom stereocenters. The number of fused-ring (bicyclic) bond motifs is 1. The molecule has 8 heteroatoms. The van der Waals surface area contributed by atoms with Gasteiger partial charge in [0.15, 0.2) is 0 Å². The molecule has 0 saturated carbocycles. The number of anilines is 1. The Labute approximate surface area is 158 Å². The van der Waals surface area contributed by atoms with Crippen molar-refractivity contribution in [2.24, 2.45) is 0 Å². The van der Waals surface area contributed by atoms with Gasteiger partial charge in [0.2, 0.25) is 5.91 Å². The highest BCUT2D eigenvalue weighted by molar-refractivity contribution is 7.18. The molecule has 0 radical (unpaired) electrons. The topological polar surface area (TPSA) is 64.0 Å². The summed E-state index contributed by atoms with van der Waals surface area (Å²) in [6.45, 7) is 5.29. The van der Waals surface area contributed by atoms with Crippen LogP contribution in [0.2, 0.25) is 10.0 Å². The van der Waals surface area contributed by atoms with Crippen molar-refractivity contribution in [3.8, 4) is 0 Å². The van der Waals surface area contributed by atoms with Crippen LogP contribution >= 0.6 is 34.5 Å². The van der Waals surface area contributed by atoms with E-state index in [4.69, 9.17) is 23.2 Å². The van der Waals surface area contributed by atoms with Gasteiger partial charge >= 0.3 is 0 Å². The molecule has 1 atom stereocenters. The number of nitrogens with one attached hydrogen (secondary N) is 1. The van der Waals surface area contributed by atoms with E-state index in [1.165, 1.54) is 15.9 Å². The van der Waals surface area contributed by atoms with E-state index >= 15 is 0 Å². The minimum atomic E-state index is -0.734. The molecule has 3 aromatic rings. The Kier molecular flexibility index (Phi) is 4.86. The monoisotopic (exact) mass is 395 g/mol. The van der Waals surface area contributed by atoms with Crippen LogP contribution in [0.1, 0.15) is 23.7 Å². The Morgan fingerprint density at radius 2 is 1.84 bits per heavy atom. The minimum absolute atomic E-state index is 0.223. The van der Waals surface area contributed by atoms with Gasteiger partial charge < -0.3 is 5.32 Å². The fourth-order valence-corrected chi connectivity index (χ4v) is 4.10. The van der Waals surface area contributed by atoms with Crippen LogP contribution in [0.15, 0.2) is 29.1 Å². The van der Waals surface area contributed by atoms with E-state index in [0.717, 1.165) is 4.88 Å². The summed E-state index contributed by atoms with van der Waals surface area (Å²) in [7, 11) is 0. The van der Waals surface area contributed by atoms with E-state index < -0.39 is 6.04 Å². The molecule has 5 nitrogen and oxygen atoms in total. The average molecular weight is 396 g/mol. The summed E-state index contributed by atoms with van der Waals surface area (Å²) in [5.41, 5.74) is 0.249. The van der Waals surface area contributed by atoms with Gasteiger partial charge in [0.1, 0.15) is 16.7 Å². The van der Waals surface area contributed by atoms with E-state index in [1.807, 2.05) is 6.92 Å². The van der Waals surface area contributed by atoms with E-state index in [2.05, 4.69) is 10.3 Å². The number of amides is 1. The highest BCUT2D eigenvalue weighted by atomic mass is 35.5. The smallest absolute Gasteiger partial charge is 0.263 e. The summed E-state index contributed by atoms with van der Waals surface area (Å²) in [4.78, 5) is 31.5. The Bertz CT molecular complexity index is 1020. The molecule has 0 aliphatic carbocycles. The van der Waals surface area contributed by atoms with Crippen LogP contribution in [0, 0.1) is 13.8 Å². The second-order valence-electron chi connectivity index (χ2n) is 5.73. The standard InChI is InChI=1S/C17H15Cl2N3O2S/c1-8-4-14-16(25-8)20-10(3)22(17(14)24)9(2)15(23)21-13-6-11(18)5-12(19)7-13/h4-7,9H,1-3H3,(H,21,23). The van der Waals surface area contributed by atoms with Crippen molar-refractivity contribution in [1.82, 2.24) is 9.55 Å². The molecule has 0 bridgehead atoms. The van der Waals surface area contributed by atoms with Crippen molar-refractivity contribution in [2.45, 2.75) is 26.8 Å². The fraction of sp³-hybridized carbons (Fsp3) is 0.235. The van der Waals surface area contributed by atoms with Crippen LogP contribution in [0.3, 0.4) is 0 Å². The summed E-state index contributed by atoms with van der Waals surface area (Å²) in [5.74, 6) is 0.141. The number of halogens is 2. The van der Waals surface area contributed by atoms with Gasteiger partial charge in [-0.15, -0.1) is 11.3 Å². The van der Waals surface area contributed by atoms with Crippen molar-refractivity contribution in [1.29, 1.82) is 0 Å². The van der Waals surface area contributed by atoms with Gasteiger partial charge in [0.05, 0.1) is 5.39 Å². The van der Waals surface area contributed by atoms with E-state index in [0.29, 0.717) is 31.8 Å². The number of carbonyl (C=O) groups excluding carboxylic acids is 1. The normalized spacial score (nSPS) is 12.4. The fourth-order valence-electron chi connectivity index (χ4n) is 2.66. The summed E-state index contributed by atoms with van der Waals surface area (Å²) in [6, 6.07) is 5.83. The molecule has 3 rings (SSSR count). The second kappa shape index (κ2) is 6.78. The van der Waals surface area contributed by atoms with E-state index in [1.54, 1.807) is 38.1 Å². The number of rotatable bonds is 3. The van der Waals surface area contributed by atoms with Gasteiger partial charge in [0, 0.05) is 20.6 Å². The molecule has 0 saturated heterocycles. The first-order valence-electron chi connectivity index (χ1n) is 7.52. The number of benzene rings is 1. The largest absolute Gasteiger partial charge is 0.324 e. The summed E-state index contributed by atoms with van der Waals surface area (Å²) < 4.78 is 1.40. The van der Waals surface area contributed by atoms with Crippen LogP contribution in [0.5, 0.6) is 0 Å². The third-order valence-corrected chi connectivity index (χ3v) is 5.17. The lowest BCUT2D eigenvalue weighted by Gasteiger charge is -2.17. The molecule has 2 heterocycles. The van der Waals surface area contributed by atoms with Gasteiger partial charge in [-0.05, 0) is 45.0 Å². The van der Waals surface area contributed by atoms with Gasteiger partial charge in [-0.3, -0.25) is 14.2 Å². The van der Waals surface area contributed by atoms with Crippen molar-refractivity contribution >= 4 is 56.3 Å². The lowest BCUT2D eigenvalue weighted by molar-refractivity contribution is -0.118. The van der Waals surface area contributed by atoms with Crippen LogP contribution in [0.4, 0.5) is 5.69 Å². The molecule has 1 amide bonds. The molecule has 0 spiro atoms. The number of aromatic nitrogens is 2. The van der Waals surface area contributed by atoms with Gasteiger partial charge in [0.25, 0.3) is 5.56 Å². The molecular formula is C17H15Cl2N3O2S. The van der Waals surface area contributed by atoms with Crippen LogP contribution in [0.25, 0.3) is 10.2 Å². The number of aryl methyl sites for hydroxylation is 2. The van der Waals surface area contributed by atoms with E-state index in [-0.39, 0.29) is 11.5 Å². The summed E-state index contributed by atoms with van der Waals surface area (Å²) in [5, 5.41) is 4.10. The maximum absolute atomic E-state index is 12.8. The number of hydrogen-bond acceptors (Lipinski definition) is 4. The molecule has 130 valence electrons. The van der Waals surface area contributed by atoms with Crippen molar-refractivity contribution in [3.05, 3.63) is 55.4 Å². The predicted octanol–water partition coefficient (Wildman–Crippen LogP) is 4.58. The Balaban J connectivity index is 1.97. The first-order valence-corrected chi connectivity index (χ1v) is 9.09. The SMILES string of the molecule is Cc1cc2c(=O)n(C(C)C(=O)Nc3cc(Cl)cc(Cl)c3)c(C)nc2s1. The lowest BCUT2D eigenvalue weighted by Crippen LogP contribution is -2.33. The Morgan fingerprint density at radius 1 is 1.20 bits per heavy atom. The van der Waals surface area contributed by atoms with E-state index in [9.17, 15) is 9.59 Å². The molecule has 0 aliphatic heterocycles. The Morgan fingerprint density at radius 3 is 2.48 bits per heavy atom. The van der Waals surface area contributed by atoms with Crippen LogP contribution in [-0.2, 0) is 4.79 Å². The molecule has 1 N–H and O–H groups in total. The summed E-state index contributed by atoms with van der Waals surface area (Å²) >= 11 is 13.4. The quantitative estimate of drug-likeness (QED) is 0.705. The molecular weight excluding hydrogens is 381 g/mol. The third-order valence-electron chi connectivity index (χ3n) is 3.79. The minimum Gasteiger partial charge on any atom is -0.324 e. The van der Waals surface area contributed by atoms with Gasteiger partial charge in [-0.1, -0.05) is 23.2 Å². The zero-order chi connectivity index (χ0) is 18.3.